The molecule has 0 atom stereocenters. The number of halogens is 1. The van der Waals surface area contributed by atoms with Crippen molar-refractivity contribution in [2.45, 2.75) is 10.6 Å². The van der Waals surface area contributed by atoms with Gasteiger partial charge in [-0.1, -0.05) is 22.0 Å². The predicted octanol–water partition coefficient (Wildman–Crippen LogP) is 4.20. The highest BCUT2D eigenvalue weighted by Gasteiger charge is 2.06. The molecule has 2 rings (SSSR count). The molecule has 0 aliphatic carbocycles. The lowest BCUT2D eigenvalue weighted by atomic mass is 10.1. The van der Waals surface area contributed by atoms with Crippen LogP contribution in [-0.4, -0.2) is 7.11 Å². The molecular formula is C15H13BrN2OS. The third-order valence-corrected chi connectivity index (χ3v) is 4.40. The monoisotopic (exact) mass is 348 g/mol. The largest absolute Gasteiger partial charge is 0.495 e. The number of nitriles is 1. The van der Waals surface area contributed by atoms with Crippen LogP contribution < -0.4 is 10.5 Å². The van der Waals surface area contributed by atoms with E-state index in [4.69, 9.17) is 15.7 Å². The Balaban J connectivity index is 2.13. The number of nitrogens with zero attached hydrogens (tertiary/aromatic N) is 1. The predicted molar refractivity (Wildman–Crippen MR) is 85.8 cm³/mol. The summed E-state index contributed by atoms with van der Waals surface area (Å²) in [4.78, 5) is 1.03. The summed E-state index contributed by atoms with van der Waals surface area (Å²) in [5.74, 6) is 1.36. The van der Waals surface area contributed by atoms with Gasteiger partial charge in [0.05, 0.1) is 12.7 Å². The smallest absolute Gasteiger partial charge is 0.136 e. The lowest BCUT2D eigenvalue weighted by Crippen LogP contribution is -1.91. The van der Waals surface area contributed by atoms with Crippen LogP contribution in [-0.2, 0) is 5.75 Å². The van der Waals surface area contributed by atoms with E-state index in [1.807, 2.05) is 36.4 Å². The van der Waals surface area contributed by atoms with Gasteiger partial charge in [-0.3, -0.25) is 0 Å². The molecule has 0 heterocycles. The van der Waals surface area contributed by atoms with E-state index >= 15 is 0 Å². The normalized spacial score (nSPS) is 10.1. The average Bonchev–Trinajstić information content (AvgIpc) is 2.46. The second-order valence-electron chi connectivity index (χ2n) is 4.12. The van der Waals surface area contributed by atoms with Gasteiger partial charge in [-0.25, -0.2) is 0 Å². The van der Waals surface area contributed by atoms with Crippen LogP contribution in [0, 0.1) is 11.3 Å². The number of benzene rings is 2. The van der Waals surface area contributed by atoms with E-state index in [0.29, 0.717) is 11.3 Å². The van der Waals surface area contributed by atoms with Gasteiger partial charge in [0.25, 0.3) is 0 Å². The third-order valence-electron chi connectivity index (χ3n) is 2.75. The molecule has 0 fully saturated rings. The van der Waals surface area contributed by atoms with E-state index in [9.17, 15) is 0 Å². The molecule has 0 aliphatic rings. The van der Waals surface area contributed by atoms with Crippen molar-refractivity contribution in [3.63, 3.8) is 0 Å². The third kappa shape index (κ3) is 3.47. The molecule has 0 spiro atoms. The van der Waals surface area contributed by atoms with Gasteiger partial charge < -0.3 is 10.5 Å². The number of ether oxygens (including phenoxy) is 1. The molecule has 0 bridgehead atoms. The van der Waals surface area contributed by atoms with Gasteiger partial charge in [0.2, 0.25) is 0 Å². The SMILES string of the molecule is COc1ccc(CSc2ccc(Br)cc2N)cc1C#N. The van der Waals surface area contributed by atoms with Crippen LogP contribution in [0.4, 0.5) is 5.69 Å². The Morgan fingerprint density at radius 3 is 2.75 bits per heavy atom. The summed E-state index contributed by atoms with van der Waals surface area (Å²) >= 11 is 5.03. The highest BCUT2D eigenvalue weighted by Crippen LogP contribution is 2.31. The van der Waals surface area contributed by atoms with E-state index in [2.05, 4.69) is 22.0 Å². The molecule has 0 aliphatic heterocycles. The maximum absolute atomic E-state index is 9.07. The molecule has 0 saturated carbocycles. The van der Waals surface area contributed by atoms with E-state index in [1.54, 1.807) is 18.9 Å². The van der Waals surface area contributed by atoms with E-state index in [0.717, 1.165) is 26.4 Å². The second kappa shape index (κ2) is 6.69. The van der Waals surface area contributed by atoms with Gasteiger partial charge >= 0.3 is 0 Å². The zero-order valence-electron chi connectivity index (χ0n) is 10.9. The number of nitrogens with two attached hydrogens (primary N) is 1. The maximum atomic E-state index is 9.07. The number of nitrogen functional groups attached to an aromatic ring is 1. The van der Waals surface area contributed by atoms with Crippen LogP contribution in [0.25, 0.3) is 0 Å². The average molecular weight is 349 g/mol. The van der Waals surface area contributed by atoms with Gasteiger partial charge in [-0.05, 0) is 35.9 Å². The van der Waals surface area contributed by atoms with Crippen LogP contribution in [0.3, 0.4) is 0 Å². The van der Waals surface area contributed by atoms with Crippen molar-refractivity contribution >= 4 is 33.4 Å². The minimum absolute atomic E-state index is 0.550. The van der Waals surface area contributed by atoms with Gasteiger partial charge in [0.15, 0.2) is 0 Å². The number of hydrogen-bond acceptors (Lipinski definition) is 4. The number of anilines is 1. The fraction of sp³-hybridized carbons (Fsp3) is 0.133. The molecular weight excluding hydrogens is 336 g/mol. The molecule has 0 unspecified atom stereocenters. The molecule has 0 saturated heterocycles. The van der Waals surface area contributed by atoms with Gasteiger partial charge in [-0.15, -0.1) is 11.8 Å². The maximum Gasteiger partial charge on any atom is 0.136 e. The molecule has 0 amide bonds. The highest BCUT2D eigenvalue weighted by atomic mass is 79.9. The Morgan fingerprint density at radius 1 is 1.30 bits per heavy atom. The molecule has 0 aromatic heterocycles. The van der Waals surface area contributed by atoms with Gasteiger partial charge in [0, 0.05) is 20.8 Å². The van der Waals surface area contributed by atoms with Crippen molar-refractivity contribution in [1.82, 2.24) is 0 Å². The summed E-state index contributed by atoms with van der Waals surface area (Å²) in [6, 6.07) is 13.6. The van der Waals surface area contributed by atoms with Crippen molar-refractivity contribution in [3.8, 4) is 11.8 Å². The number of rotatable bonds is 4. The Hall–Kier alpha value is -1.64. The minimum Gasteiger partial charge on any atom is -0.495 e. The van der Waals surface area contributed by atoms with E-state index < -0.39 is 0 Å². The number of methoxy groups -OCH3 is 1. The van der Waals surface area contributed by atoms with Gasteiger partial charge in [0.1, 0.15) is 11.8 Å². The first kappa shape index (κ1) is 14.8. The Labute approximate surface area is 130 Å². The minimum atomic E-state index is 0.550. The van der Waals surface area contributed by atoms with Crippen molar-refractivity contribution in [2.24, 2.45) is 0 Å². The van der Waals surface area contributed by atoms with Gasteiger partial charge in [-0.2, -0.15) is 5.26 Å². The van der Waals surface area contributed by atoms with Crippen LogP contribution in [0.1, 0.15) is 11.1 Å². The molecule has 0 radical (unpaired) electrons. The molecule has 102 valence electrons. The number of thioether (sulfide) groups is 1. The molecule has 5 heteroatoms. The molecule has 20 heavy (non-hydrogen) atoms. The van der Waals surface area contributed by atoms with E-state index in [-0.39, 0.29) is 0 Å². The Kier molecular flexibility index (Phi) is 4.94. The molecule has 2 aromatic rings. The summed E-state index contributed by atoms with van der Waals surface area (Å²) in [6.07, 6.45) is 0. The quantitative estimate of drug-likeness (QED) is 0.664. The van der Waals surface area contributed by atoms with Crippen molar-refractivity contribution in [1.29, 1.82) is 5.26 Å². The summed E-state index contributed by atoms with van der Waals surface area (Å²) in [5, 5.41) is 9.07. The lowest BCUT2D eigenvalue weighted by molar-refractivity contribution is 0.413. The fourth-order valence-electron chi connectivity index (χ4n) is 1.74. The van der Waals surface area contributed by atoms with Crippen LogP contribution in [0.5, 0.6) is 5.75 Å². The summed E-state index contributed by atoms with van der Waals surface area (Å²) < 4.78 is 6.10. The number of hydrogen-bond donors (Lipinski definition) is 1. The Morgan fingerprint density at radius 2 is 2.10 bits per heavy atom. The topological polar surface area (TPSA) is 59.0 Å². The zero-order valence-corrected chi connectivity index (χ0v) is 13.3. The van der Waals surface area contributed by atoms with Crippen LogP contribution >= 0.6 is 27.7 Å². The first-order valence-corrected chi connectivity index (χ1v) is 7.66. The molecule has 2 aromatic carbocycles. The fourth-order valence-corrected chi connectivity index (χ4v) is 3.01. The Bertz CT molecular complexity index is 667. The summed E-state index contributed by atoms with van der Waals surface area (Å²) in [7, 11) is 1.56. The van der Waals surface area contributed by atoms with Crippen molar-refractivity contribution in [3.05, 3.63) is 52.0 Å². The standard InChI is InChI=1S/C15H13BrN2OS/c1-19-14-4-2-10(6-11(14)8-17)9-20-15-5-3-12(16)7-13(15)18/h2-7H,9,18H2,1H3. The van der Waals surface area contributed by atoms with E-state index in [1.165, 1.54) is 0 Å². The van der Waals surface area contributed by atoms with Crippen LogP contribution in [0.15, 0.2) is 45.8 Å². The highest BCUT2D eigenvalue weighted by molar-refractivity contribution is 9.10. The molecule has 2 N–H and O–H groups in total. The first-order chi connectivity index (χ1) is 9.63. The van der Waals surface area contributed by atoms with Crippen molar-refractivity contribution < 1.29 is 4.74 Å². The molecule has 3 nitrogen and oxygen atoms in total. The van der Waals surface area contributed by atoms with Crippen molar-refractivity contribution in [2.75, 3.05) is 12.8 Å². The first-order valence-electron chi connectivity index (χ1n) is 5.89. The summed E-state index contributed by atoms with van der Waals surface area (Å²) in [5.41, 5.74) is 8.33. The second-order valence-corrected chi connectivity index (χ2v) is 6.05. The lowest BCUT2D eigenvalue weighted by Gasteiger charge is -2.08. The zero-order chi connectivity index (χ0) is 14.5. The van der Waals surface area contributed by atoms with Crippen LogP contribution in [0.2, 0.25) is 0 Å². The summed E-state index contributed by atoms with van der Waals surface area (Å²) in [6.45, 7) is 0.